The minimum Gasteiger partial charge on any atom is -0.207 e. The number of hydrogen-bond acceptors (Lipinski definition) is 0. The summed E-state index contributed by atoms with van der Waals surface area (Å²) in [5.74, 6) is -0.173. The fourth-order valence-electron chi connectivity index (χ4n) is 3.86. The summed E-state index contributed by atoms with van der Waals surface area (Å²) in [5, 5.41) is 7.37. The van der Waals surface area contributed by atoms with Gasteiger partial charge in [0.25, 0.3) is 0 Å². The van der Waals surface area contributed by atoms with Crippen LogP contribution in [0, 0.1) is 5.82 Å². The van der Waals surface area contributed by atoms with E-state index in [1.807, 2.05) is 12.1 Å². The molecule has 5 rings (SSSR count). The van der Waals surface area contributed by atoms with E-state index in [1.165, 1.54) is 32.7 Å². The lowest BCUT2D eigenvalue weighted by molar-refractivity contribution is 0.630. The lowest BCUT2D eigenvalue weighted by atomic mass is 9.94. The molecule has 0 amide bonds. The van der Waals surface area contributed by atoms with Gasteiger partial charge in [0, 0.05) is 0 Å². The summed E-state index contributed by atoms with van der Waals surface area (Å²) < 4.78 is 13.5. The largest absolute Gasteiger partial charge is 0.207 e. The summed E-state index contributed by atoms with van der Waals surface area (Å²) in [7, 11) is 0. The van der Waals surface area contributed by atoms with Crippen molar-refractivity contribution in [1.29, 1.82) is 0 Å². The maximum atomic E-state index is 13.5. The molecule has 100 valence electrons. The second-order valence-corrected chi connectivity index (χ2v) is 5.90. The minimum atomic E-state index is -0.173. The molecule has 0 saturated heterocycles. The van der Waals surface area contributed by atoms with Crippen molar-refractivity contribution < 1.29 is 4.39 Å². The molecule has 0 saturated carbocycles. The molecule has 4 aromatic carbocycles. The third-order valence-corrected chi connectivity index (χ3v) is 4.75. The Morgan fingerprint density at radius 3 is 2.48 bits per heavy atom. The van der Waals surface area contributed by atoms with Gasteiger partial charge in [0.1, 0.15) is 5.82 Å². The quantitative estimate of drug-likeness (QED) is 0.377. The van der Waals surface area contributed by atoms with E-state index < -0.39 is 0 Å². The highest BCUT2D eigenvalue weighted by molar-refractivity contribution is 6.21. The molecule has 1 aliphatic carbocycles. The highest BCUT2D eigenvalue weighted by Gasteiger charge is 2.17. The first-order valence-corrected chi connectivity index (χ1v) is 7.37. The number of benzene rings is 4. The van der Waals surface area contributed by atoms with Crippen molar-refractivity contribution in [1.82, 2.24) is 0 Å². The monoisotopic (exact) mass is 272 g/mol. The van der Waals surface area contributed by atoms with Crippen LogP contribution < -0.4 is 0 Å². The zero-order chi connectivity index (χ0) is 14.0. The molecule has 1 aliphatic rings. The first-order chi connectivity index (χ1) is 10.3. The zero-order valence-electron chi connectivity index (χ0n) is 11.5. The van der Waals surface area contributed by atoms with Crippen LogP contribution >= 0.6 is 0 Å². The molecule has 0 unspecified atom stereocenters. The average molecular weight is 272 g/mol. The highest BCUT2D eigenvalue weighted by Crippen LogP contribution is 2.39. The van der Waals surface area contributed by atoms with Crippen LogP contribution in [-0.4, -0.2) is 0 Å². The van der Waals surface area contributed by atoms with Gasteiger partial charge in [-0.25, -0.2) is 4.39 Å². The van der Waals surface area contributed by atoms with E-state index in [0.717, 1.165) is 23.6 Å². The second kappa shape index (κ2) is 3.82. The van der Waals surface area contributed by atoms with Gasteiger partial charge in [-0.05, 0) is 68.4 Å². The Hall–Kier alpha value is -2.41. The summed E-state index contributed by atoms with van der Waals surface area (Å²) in [6, 6.07) is 18.1. The van der Waals surface area contributed by atoms with Crippen LogP contribution in [0.1, 0.15) is 11.1 Å². The number of rotatable bonds is 0. The summed E-state index contributed by atoms with van der Waals surface area (Å²) in [6.07, 6.45) is 2.27. The van der Waals surface area contributed by atoms with Gasteiger partial charge >= 0.3 is 0 Å². The van der Waals surface area contributed by atoms with Crippen molar-refractivity contribution >= 4 is 32.3 Å². The van der Waals surface area contributed by atoms with Gasteiger partial charge in [-0.15, -0.1) is 0 Å². The third kappa shape index (κ3) is 1.43. The number of aryl methyl sites for hydroxylation is 2. The van der Waals surface area contributed by atoms with Crippen LogP contribution in [0.3, 0.4) is 0 Å². The topological polar surface area (TPSA) is 0 Å². The molecule has 0 heterocycles. The molecule has 1 heteroatoms. The van der Waals surface area contributed by atoms with Crippen LogP contribution in [0.2, 0.25) is 0 Å². The maximum absolute atomic E-state index is 13.5. The van der Waals surface area contributed by atoms with Crippen LogP contribution in [0.15, 0.2) is 54.6 Å². The lowest BCUT2D eigenvalue weighted by Crippen LogP contribution is -1.85. The first-order valence-electron chi connectivity index (χ1n) is 7.37. The van der Waals surface area contributed by atoms with Gasteiger partial charge in [-0.3, -0.25) is 0 Å². The molecular weight excluding hydrogens is 259 g/mol. The molecular formula is C20H13F. The maximum Gasteiger partial charge on any atom is 0.123 e. The fourth-order valence-corrected chi connectivity index (χ4v) is 3.86. The van der Waals surface area contributed by atoms with Crippen LogP contribution in [0.4, 0.5) is 4.39 Å². The Morgan fingerprint density at radius 2 is 1.52 bits per heavy atom. The average Bonchev–Trinajstić information content (AvgIpc) is 2.91. The van der Waals surface area contributed by atoms with Crippen LogP contribution in [0.25, 0.3) is 32.3 Å². The van der Waals surface area contributed by atoms with Gasteiger partial charge in [0.2, 0.25) is 0 Å². The zero-order valence-corrected chi connectivity index (χ0v) is 11.5. The van der Waals surface area contributed by atoms with E-state index in [2.05, 4.69) is 30.3 Å². The van der Waals surface area contributed by atoms with Gasteiger partial charge in [-0.1, -0.05) is 42.5 Å². The number of halogens is 1. The fraction of sp³-hybridized carbons (Fsp3) is 0.100. The Bertz CT molecular complexity index is 1040. The van der Waals surface area contributed by atoms with E-state index in [9.17, 15) is 4.39 Å². The van der Waals surface area contributed by atoms with Crippen molar-refractivity contribution in [3.63, 3.8) is 0 Å². The van der Waals surface area contributed by atoms with E-state index in [1.54, 1.807) is 12.1 Å². The van der Waals surface area contributed by atoms with Crippen LogP contribution in [0.5, 0.6) is 0 Å². The molecule has 0 fully saturated rings. The van der Waals surface area contributed by atoms with E-state index in [4.69, 9.17) is 0 Å². The van der Waals surface area contributed by atoms with Crippen molar-refractivity contribution in [3.8, 4) is 0 Å². The van der Waals surface area contributed by atoms with E-state index in [0.29, 0.717) is 0 Å². The minimum absolute atomic E-state index is 0.173. The molecule has 21 heavy (non-hydrogen) atoms. The van der Waals surface area contributed by atoms with E-state index in [-0.39, 0.29) is 5.82 Å². The normalized spacial score (nSPS) is 13.6. The van der Waals surface area contributed by atoms with Gasteiger partial charge in [-0.2, -0.15) is 0 Å². The Labute approximate surface area is 121 Å². The van der Waals surface area contributed by atoms with Crippen LogP contribution in [-0.2, 0) is 12.8 Å². The van der Waals surface area contributed by atoms with Crippen molar-refractivity contribution in [2.75, 3.05) is 0 Å². The van der Waals surface area contributed by atoms with Crippen molar-refractivity contribution in [2.24, 2.45) is 0 Å². The predicted octanol–water partition coefficient (Wildman–Crippen LogP) is 5.38. The molecule has 0 bridgehead atoms. The molecule has 0 N–H and O–H groups in total. The molecule has 0 aromatic heterocycles. The third-order valence-electron chi connectivity index (χ3n) is 4.75. The first kappa shape index (κ1) is 11.3. The Kier molecular flexibility index (Phi) is 2.05. The molecule has 0 radical (unpaired) electrons. The molecule has 0 atom stereocenters. The number of fused-ring (bicyclic) bond motifs is 4. The summed E-state index contributed by atoms with van der Waals surface area (Å²) in [5.41, 5.74) is 2.90. The Morgan fingerprint density at radius 1 is 0.667 bits per heavy atom. The highest BCUT2D eigenvalue weighted by atomic mass is 19.1. The molecule has 0 aliphatic heterocycles. The summed E-state index contributed by atoms with van der Waals surface area (Å²) in [6.45, 7) is 0. The molecule has 0 spiro atoms. The van der Waals surface area contributed by atoms with Crippen molar-refractivity contribution in [2.45, 2.75) is 12.8 Å². The van der Waals surface area contributed by atoms with Gasteiger partial charge in [0.15, 0.2) is 0 Å². The summed E-state index contributed by atoms with van der Waals surface area (Å²) >= 11 is 0. The molecule has 0 nitrogen and oxygen atoms in total. The molecule has 4 aromatic rings. The van der Waals surface area contributed by atoms with Gasteiger partial charge in [0.05, 0.1) is 0 Å². The predicted molar refractivity (Wildman–Crippen MR) is 86.3 cm³/mol. The lowest BCUT2D eigenvalue weighted by Gasteiger charge is -2.10. The second-order valence-electron chi connectivity index (χ2n) is 5.90. The Balaban J connectivity index is 2.11. The smallest absolute Gasteiger partial charge is 0.123 e. The van der Waals surface area contributed by atoms with Crippen molar-refractivity contribution in [3.05, 3.63) is 71.5 Å². The SMILES string of the molecule is Fc1ccc2c(ccc3cc4c5c(cccc5c32)CC4)c1. The number of hydrogen-bond donors (Lipinski definition) is 0. The standard InChI is InChI=1S/C20H13F/c21-16-8-9-17-13(11-16)5-7-15-10-14-6-4-12-2-1-3-18(19(12)14)20(15)17/h1-3,5,7-11H,4,6H2. The van der Waals surface area contributed by atoms with Gasteiger partial charge < -0.3 is 0 Å². The summed E-state index contributed by atoms with van der Waals surface area (Å²) in [4.78, 5) is 0. The van der Waals surface area contributed by atoms with E-state index >= 15 is 0 Å².